The van der Waals surface area contributed by atoms with E-state index in [0.717, 1.165) is 30.5 Å². The molecule has 0 unspecified atom stereocenters. The highest BCUT2D eigenvalue weighted by atomic mass is 19.4. The minimum atomic E-state index is -4.38. The summed E-state index contributed by atoms with van der Waals surface area (Å²) >= 11 is 0. The van der Waals surface area contributed by atoms with Crippen LogP contribution in [-0.2, 0) is 17.5 Å². The lowest BCUT2D eigenvalue weighted by atomic mass is 10.1. The molecule has 0 radical (unpaired) electrons. The van der Waals surface area contributed by atoms with Crippen molar-refractivity contribution in [1.29, 1.82) is 0 Å². The van der Waals surface area contributed by atoms with Gasteiger partial charge in [-0.2, -0.15) is 13.2 Å². The molecule has 2 aromatic rings. The molecule has 28 heavy (non-hydrogen) atoms. The summed E-state index contributed by atoms with van der Waals surface area (Å²) in [7, 11) is 0. The van der Waals surface area contributed by atoms with Gasteiger partial charge >= 0.3 is 6.18 Å². The summed E-state index contributed by atoms with van der Waals surface area (Å²) < 4.78 is 38.0. The van der Waals surface area contributed by atoms with Gasteiger partial charge in [0.25, 0.3) is 5.91 Å². The summed E-state index contributed by atoms with van der Waals surface area (Å²) in [5.41, 5.74) is 1.41. The number of alkyl halides is 3. The quantitative estimate of drug-likeness (QED) is 0.812. The van der Waals surface area contributed by atoms with Gasteiger partial charge in [0.2, 0.25) is 5.91 Å². The molecule has 3 rings (SSSR count). The summed E-state index contributed by atoms with van der Waals surface area (Å²) in [5.74, 6) is -0.582. The molecule has 2 amide bonds. The van der Waals surface area contributed by atoms with Crippen LogP contribution in [0.4, 0.5) is 13.2 Å². The fourth-order valence-corrected chi connectivity index (χ4v) is 2.87. The Kier molecular flexibility index (Phi) is 5.72. The molecule has 148 valence electrons. The van der Waals surface area contributed by atoms with Crippen LogP contribution in [-0.4, -0.2) is 29.3 Å². The number of hydrogen-bond acceptors (Lipinski definition) is 2. The Morgan fingerprint density at radius 2 is 1.64 bits per heavy atom. The van der Waals surface area contributed by atoms with E-state index in [0.29, 0.717) is 11.1 Å². The lowest BCUT2D eigenvalue weighted by molar-refractivity contribution is -0.137. The standard InChI is InChI=1S/C21H21F3N2O2/c1-14-2-6-16(7-3-14)20(28)25-12-19(27)26(18-10-11-18)13-15-4-8-17(9-5-15)21(22,23)24/h2-9,18H,10-13H2,1H3,(H,25,28). The SMILES string of the molecule is Cc1ccc(C(=O)NCC(=O)N(Cc2ccc(C(F)(F)F)cc2)C2CC2)cc1. The second-order valence-electron chi connectivity index (χ2n) is 7.00. The van der Waals surface area contributed by atoms with Gasteiger partial charge in [0.05, 0.1) is 12.1 Å². The summed E-state index contributed by atoms with van der Waals surface area (Å²) in [6, 6.07) is 11.9. The van der Waals surface area contributed by atoms with Crippen molar-refractivity contribution in [2.24, 2.45) is 0 Å². The normalized spacial score (nSPS) is 13.9. The molecular weight excluding hydrogens is 369 g/mol. The molecule has 1 aliphatic rings. The van der Waals surface area contributed by atoms with Crippen molar-refractivity contribution in [2.75, 3.05) is 6.54 Å². The van der Waals surface area contributed by atoms with E-state index in [9.17, 15) is 22.8 Å². The fourth-order valence-electron chi connectivity index (χ4n) is 2.87. The first-order valence-electron chi connectivity index (χ1n) is 9.04. The molecule has 0 aliphatic heterocycles. The van der Waals surface area contributed by atoms with Crippen LogP contribution >= 0.6 is 0 Å². The first kappa shape index (κ1) is 19.9. The first-order chi connectivity index (χ1) is 13.2. The van der Waals surface area contributed by atoms with E-state index in [1.165, 1.54) is 12.1 Å². The van der Waals surface area contributed by atoms with Crippen LogP contribution in [0.2, 0.25) is 0 Å². The Hall–Kier alpha value is -2.83. The van der Waals surface area contributed by atoms with Crippen molar-refractivity contribution in [2.45, 2.75) is 38.5 Å². The van der Waals surface area contributed by atoms with Crippen molar-refractivity contribution < 1.29 is 22.8 Å². The van der Waals surface area contributed by atoms with E-state index in [2.05, 4.69) is 5.32 Å². The van der Waals surface area contributed by atoms with Crippen LogP contribution in [0.15, 0.2) is 48.5 Å². The molecule has 0 heterocycles. The number of aryl methyl sites for hydroxylation is 1. The van der Waals surface area contributed by atoms with Crippen molar-refractivity contribution in [3.05, 3.63) is 70.8 Å². The molecule has 0 atom stereocenters. The van der Waals surface area contributed by atoms with Gasteiger partial charge in [0, 0.05) is 18.2 Å². The van der Waals surface area contributed by atoms with Crippen molar-refractivity contribution in [3.63, 3.8) is 0 Å². The fraction of sp³-hybridized carbons (Fsp3) is 0.333. The third kappa shape index (κ3) is 5.12. The summed E-state index contributed by atoms with van der Waals surface area (Å²) in [6.07, 6.45) is -2.67. The number of hydrogen-bond donors (Lipinski definition) is 1. The number of carbonyl (C=O) groups is 2. The van der Waals surface area contributed by atoms with Crippen LogP contribution in [0.3, 0.4) is 0 Å². The molecule has 1 N–H and O–H groups in total. The molecule has 7 heteroatoms. The number of nitrogens with zero attached hydrogens (tertiary/aromatic N) is 1. The molecular formula is C21H21F3N2O2. The molecule has 1 fully saturated rings. The summed E-state index contributed by atoms with van der Waals surface area (Å²) in [5, 5.41) is 2.62. The van der Waals surface area contributed by atoms with Gasteiger partial charge in [-0.25, -0.2) is 0 Å². The summed E-state index contributed by atoms with van der Waals surface area (Å²) in [6.45, 7) is 1.99. The predicted molar refractivity (Wildman–Crippen MR) is 98.5 cm³/mol. The van der Waals surface area contributed by atoms with E-state index in [-0.39, 0.29) is 30.9 Å². The zero-order chi connectivity index (χ0) is 20.3. The highest BCUT2D eigenvalue weighted by molar-refractivity contribution is 5.96. The molecule has 2 aromatic carbocycles. The Morgan fingerprint density at radius 1 is 1.04 bits per heavy atom. The lowest BCUT2D eigenvalue weighted by Gasteiger charge is -2.23. The van der Waals surface area contributed by atoms with E-state index >= 15 is 0 Å². The minimum Gasteiger partial charge on any atom is -0.343 e. The number of halogens is 3. The molecule has 0 saturated heterocycles. The maximum atomic E-state index is 12.7. The average Bonchev–Trinajstić information content (AvgIpc) is 3.49. The first-order valence-corrected chi connectivity index (χ1v) is 9.04. The van der Waals surface area contributed by atoms with Crippen LogP contribution < -0.4 is 5.32 Å². The number of rotatable bonds is 6. The lowest BCUT2D eigenvalue weighted by Crippen LogP contribution is -2.41. The predicted octanol–water partition coefficient (Wildman–Crippen LogP) is 3.93. The van der Waals surface area contributed by atoms with Crippen LogP contribution in [0.1, 0.15) is 39.9 Å². The Labute approximate surface area is 161 Å². The third-order valence-electron chi connectivity index (χ3n) is 4.66. The van der Waals surface area contributed by atoms with Gasteiger partial charge in [-0.3, -0.25) is 9.59 Å². The van der Waals surface area contributed by atoms with E-state index < -0.39 is 11.7 Å². The molecule has 1 aliphatic carbocycles. The zero-order valence-electron chi connectivity index (χ0n) is 15.4. The molecule has 0 aromatic heterocycles. The largest absolute Gasteiger partial charge is 0.416 e. The van der Waals surface area contributed by atoms with Crippen molar-refractivity contribution in [3.8, 4) is 0 Å². The Morgan fingerprint density at radius 3 is 2.18 bits per heavy atom. The van der Waals surface area contributed by atoms with Crippen LogP contribution in [0.5, 0.6) is 0 Å². The second kappa shape index (κ2) is 8.04. The van der Waals surface area contributed by atoms with Gasteiger partial charge in [-0.15, -0.1) is 0 Å². The minimum absolute atomic E-state index is 0.0751. The zero-order valence-corrected chi connectivity index (χ0v) is 15.4. The highest BCUT2D eigenvalue weighted by Crippen LogP contribution is 2.31. The van der Waals surface area contributed by atoms with Crippen molar-refractivity contribution in [1.82, 2.24) is 10.2 Å². The monoisotopic (exact) mass is 390 g/mol. The maximum absolute atomic E-state index is 12.7. The second-order valence-corrected chi connectivity index (χ2v) is 7.00. The van der Waals surface area contributed by atoms with Crippen molar-refractivity contribution >= 4 is 11.8 Å². The van der Waals surface area contributed by atoms with Gasteiger partial charge in [-0.1, -0.05) is 29.8 Å². The number of nitrogens with one attached hydrogen (secondary N) is 1. The highest BCUT2D eigenvalue weighted by Gasteiger charge is 2.33. The van der Waals surface area contributed by atoms with E-state index in [4.69, 9.17) is 0 Å². The van der Waals surface area contributed by atoms with Gasteiger partial charge in [0.15, 0.2) is 0 Å². The Balaban J connectivity index is 1.60. The topological polar surface area (TPSA) is 49.4 Å². The average molecular weight is 390 g/mol. The van der Waals surface area contributed by atoms with Gasteiger partial charge in [0.1, 0.15) is 0 Å². The van der Waals surface area contributed by atoms with Gasteiger partial charge in [-0.05, 0) is 49.6 Å². The van der Waals surface area contributed by atoms with Gasteiger partial charge < -0.3 is 10.2 Å². The molecule has 1 saturated carbocycles. The molecule has 4 nitrogen and oxygen atoms in total. The third-order valence-corrected chi connectivity index (χ3v) is 4.66. The summed E-state index contributed by atoms with van der Waals surface area (Å²) in [4.78, 5) is 26.4. The molecule has 0 spiro atoms. The molecule has 0 bridgehead atoms. The smallest absolute Gasteiger partial charge is 0.343 e. The Bertz CT molecular complexity index is 841. The van der Waals surface area contributed by atoms with Crippen LogP contribution in [0.25, 0.3) is 0 Å². The number of amides is 2. The number of benzene rings is 2. The van der Waals surface area contributed by atoms with E-state index in [1.54, 1.807) is 17.0 Å². The maximum Gasteiger partial charge on any atom is 0.416 e. The van der Waals surface area contributed by atoms with Crippen LogP contribution in [0, 0.1) is 6.92 Å². The van der Waals surface area contributed by atoms with E-state index in [1.807, 2.05) is 19.1 Å². The number of carbonyl (C=O) groups excluding carboxylic acids is 2.